The van der Waals surface area contributed by atoms with Gasteiger partial charge in [0.15, 0.2) is 0 Å². The average molecular weight is 918 g/mol. The number of imide groups is 2. The Bertz CT molecular complexity index is 2790. The van der Waals surface area contributed by atoms with Gasteiger partial charge in [-0.25, -0.2) is 17.2 Å². The van der Waals surface area contributed by atoms with Gasteiger partial charge in [0.2, 0.25) is 10.0 Å². The van der Waals surface area contributed by atoms with Crippen LogP contribution in [0, 0.1) is 18.8 Å². The molecule has 18 heteroatoms. The van der Waals surface area contributed by atoms with Gasteiger partial charge in [-0.15, -0.1) is 0 Å². The van der Waals surface area contributed by atoms with Crippen LogP contribution >= 0.6 is 0 Å². The van der Waals surface area contributed by atoms with Crippen LogP contribution in [0.25, 0.3) is 27.8 Å². The number of nitrogens with one attached hydrogen (secondary N) is 2. The number of aromatic nitrogens is 4. The third kappa shape index (κ3) is 7.06. The monoisotopic (exact) mass is 917 g/mol. The number of piperidine rings is 1. The fraction of sp³-hybridized carbons (Fsp3) is 0.175. The number of pyridine rings is 1. The molecule has 1 unspecified atom stereocenters. The van der Waals surface area contributed by atoms with Gasteiger partial charge in [0.25, 0.3) is 0 Å². The minimum Gasteiger partial charge on any atom is -0.202 e. The Labute approximate surface area is 340 Å². The third-order valence-corrected chi connectivity index (χ3v) is 14.0. The van der Waals surface area contributed by atoms with Crippen molar-refractivity contribution in [2.24, 2.45) is 0 Å². The minimum absolute atomic E-state index is 0.0329. The summed E-state index contributed by atoms with van der Waals surface area (Å²) in [7, 11) is -2.07. The average Bonchev–Trinajstić information content (AvgIpc) is 3.70. The van der Waals surface area contributed by atoms with Gasteiger partial charge in [-0.3, -0.25) is 4.72 Å². The molecule has 2 aliphatic rings. The van der Waals surface area contributed by atoms with E-state index < -0.39 is 83.9 Å². The SMILES string of the molecule is CCCS(=O)(=O)Nc1ccc(F)c(-n2cc(-c3cncnc3)c3nc(N(C)c4ccc([I-]c5cccc6c5C(=O)N(C5CCC(=O)NC5=O)C6=O)cc4)ccc32)c1F. The summed E-state index contributed by atoms with van der Waals surface area (Å²) in [5.41, 5.74) is 2.09. The molecule has 0 spiro atoms. The molecule has 5 heterocycles. The Kier molecular flexibility index (Phi) is 10.2. The van der Waals surface area contributed by atoms with Crippen LogP contribution in [0.15, 0.2) is 91.6 Å². The van der Waals surface area contributed by atoms with Crippen molar-refractivity contribution in [3.05, 3.63) is 122 Å². The Morgan fingerprint density at radius 1 is 0.948 bits per heavy atom. The number of rotatable bonds is 11. The number of carbonyl (C=O) groups is 4. The van der Waals surface area contributed by atoms with Crippen molar-refractivity contribution in [1.82, 2.24) is 29.7 Å². The van der Waals surface area contributed by atoms with Crippen LogP contribution in [0.1, 0.15) is 46.9 Å². The van der Waals surface area contributed by atoms with Crippen LogP contribution in [0.5, 0.6) is 0 Å². The summed E-state index contributed by atoms with van der Waals surface area (Å²) < 4.78 is 61.7. The van der Waals surface area contributed by atoms with E-state index in [0.29, 0.717) is 34.4 Å². The molecule has 14 nitrogen and oxygen atoms in total. The third-order valence-electron chi connectivity index (χ3n) is 9.74. The number of fused-ring (bicyclic) bond motifs is 2. The fourth-order valence-corrected chi connectivity index (χ4v) is 10.7. The van der Waals surface area contributed by atoms with Gasteiger partial charge in [-0.1, -0.05) is 6.92 Å². The number of anilines is 3. The van der Waals surface area contributed by atoms with Crippen LogP contribution in [-0.2, 0) is 19.6 Å². The van der Waals surface area contributed by atoms with Crippen molar-refractivity contribution in [2.45, 2.75) is 32.2 Å². The van der Waals surface area contributed by atoms with E-state index in [0.717, 1.165) is 29.9 Å². The maximum absolute atomic E-state index is 16.1. The second kappa shape index (κ2) is 15.3. The maximum atomic E-state index is 16.1. The predicted molar refractivity (Wildman–Crippen MR) is 205 cm³/mol. The molecule has 3 aromatic heterocycles. The van der Waals surface area contributed by atoms with Crippen LogP contribution < -0.4 is 36.1 Å². The first-order valence-electron chi connectivity index (χ1n) is 17.9. The van der Waals surface area contributed by atoms with Crippen molar-refractivity contribution in [3.63, 3.8) is 0 Å². The van der Waals surface area contributed by atoms with Crippen molar-refractivity contribution < 1.29 is 57.6 Å². The second-order valence-electron chi connectivity index (χ2n) is 13.5. The molecule has 8 rings (SSSR count). The summed E-state index contributed by atoms with van der Waals surface area (Å²) in [6, 6.07) is 17.1. The van der Waals surface area contributed by atoms with Gasteiger partial charge < -0.3 is 0 Å². The number of benzene rings is 3. The molecule has 3 aromatic carbocycles. The second-order valence-corrected chi connectivity index (χ2v) is 18.3. The summed E-state index contributed by atoms with van der Waals surface area (Å²) in [6.07, 6.45) is 6.36. The van der Waals surface area contributed by atoms with Crippen LogP contribution in [-0.4, -0.2) is 75.3 Å². The van der Waals surface area contributed by atoms with Gasteiger partial charge in [0.05, 0.1) is 11.4 Å². The van der Waals surface area contributed by atoms with Gasteiger partial charge in [0, 0.05) is 0 Å². The first-order chi connectivity index (χ1) is 27.8. The zero-order valence-corrected chi connectivity index (χ0v) is 33.7. The summed E-state index contributed by atoms with van der Waals surface area (Å²) in [5.74, 6) is -3.97. The number of hydrogen-bond acceptors (Lipinski definition) is 10. The summed E-state index contributed by atoms with van der Waals surface area (Å²) in [5, 5.41) is 2.22. The van der Waals surface area contributed by atoms with E-state index in [-0.39, 0.29) is 29.7 Å². The fourth-order valence-electron chi connectivity index (χ4n) is 6.97. The molecule has 1 atom stereocenters. The van der Waals surface area contributed by atoms with Crippen LogP contribution in [0.3, 0.4) is 0 Å². The standard InChI is InChI=1S/C40H32F2IN8O6S/c1-3-17-58(56,57)48-29-12-11-27(41)37(35(29)42)50-20-26(22-18-44-21-45-19-22)36-30(50)13-15-32(46-36)49(2)24-9-7-23(8-10-24)43-28-6-4-5-25-34(28)40(55)51(39(25)54)31-14-16-33(52)47-38(31)53/h4-13,15,18-21,31,48H,3,14,16-17H2,1-2H3,(H,47,52,53)/q-1. The van der Waals surface area contributed by atoms with Gasteiger partial charge >= 0.3 is 267 Å². The predicted octanol–water partition coefficient (Wildman–Crippen LogP) is 2.21. The molecule has 2 aliphatic heterocycles. The molecule has 58 heavy (non-hydrogen) atoms. The van der Waals surface area contributed by atoms with Crippen molar-refractivity contribution in [2.75, 3.05) is 22.4 Å². The number of nitrogens with zero attached hydrogens (tertiary/aromatic N) is 6. The summed E-state index contributed by atoms with van der Waals surface area (Å²) in [4.78, 5) is 67.2. The van der Waals surface area contributed by atoms with Crippen LogP contribution in [0.4, 0.5) is 26.0 Å². The molecular weight excluding hydrogens is 885 g/mol. The van der Waals surface area contributed by atoms with Gasteiger partial charge in [-0.05, 0) is 18.6 Å². The van der Waals surface area contributed by atoms with E-state index in [1.54, 1.807) is 43.6 Å². The number of sulfonamides is 1. The Hall–Kier alpha value is -6.15. The van der Waals surface area contributed by atoms with Gasteiger partial charge in [-0.2, -0.15) is 0 Å². The molecule has 1 saturated heterocycles. The summed E-state index contributed by atoms with van der Waals surface area (Å²) >= 11 is -0.962. The molecule has 0 radical (unpaired) electrons. The van der Waals surface area contributed by atoms with Crippen molar-refractivity contribution in [1.29, 1.82) is 0 Å². The molecule has 4 amide bonds. The van der Waals surface area contributed by atoms with Crippen molar-refractivity contribution >= 4 is 61.9 Å². The smallest absolute Gasteiger partial charge is 0.202 e. The first kappa shape index (κ1) is 38.7. The molecule has 0 aliphatic carbocycles. The van der Waals surface area contributed by atoms with E-state index in [9.17, 15) is 27.6 Å². The molecule has 0 bridgehead atoms. The van der Waals surface area contributed by atoms with E-state index >= 15 is 8.78 Å². The Morgan fingerprint density at radius 3 is 2.43 bits per heavy atom. The van der Waals surface area contributed by atoms with E-state index in [1.807, 2.05) is 42.3 Å². The molecule has 296 valence electrons. The molecule has 1 fully saturated rings. The van der Waals surface area contributed by atoms with E-state index in [1.165, 1.54) is 17.1 Å². The minimum atomic E-state index is -3.88. The zero-order valence-electron chi connectivity index (χ0n) is 30.7. The molecular formula is C40H32F2IN8O6S-. The van der Waals surface area contributed by atoms with Gasteiger partial charge in [0.1, 0.15) is 6.33 Å². The number of amides is 4. The van der Waals surface area contributed by atoms with Crippen molar-refractivity contribution in [3.8, 4) is 16.8 Å². The molecule has 6 aromatic rings. The Morgan fingerprint density at radius 2 is 1.71 bits per heavy atom. The number of carbonyl (C=O) groups excluding carboxylic acids is 4. The molecule has 0 saturated carbocycles. The normalized spacial score (nSPS) is 15.6. The zero-order chi connectivity index (χ0) is 40.9. The number of hydrogen-bond donors (Lipinski definition) is 2. The van der Waals surface area contributed by atoms with Crippen LogP contribution in [0.2, 0.25) is 0 Å². The summed E-state index contributed by atoms with van der Waals surface area (Å²) in [6.45, 7) is 1.68. The first-order valence-corrected chi connectivity index (χ1v) is 21.8. The quantitative estimate of drug-likeness (QED) is 0.145. The number of halogens is 3. The van der Waals surface area contributed by atoms with E-state index in [2.05, 4.69) is 20.0 Å². The van der Waals surface area contributed by atoms with E-state index in [4.69, 9.17) is 4.98 Å². The topological polar surface area (TPSA) is 177 Å². The molecule has 2 N–H and O–H groups in total. The Balaban J connectivity index is 1.09.